The van der Waals surface area contributed by atoms with E-state index in [9.17, 15) is 13.6 Å². The summed E-state index contributed by atoms with van der Waals surface area (Å²) in [4.78, 5) is 10.2. The minimum absolute atomic E-state index is 0.291. The molecule has 1 aromatic rings. The SMILES string of the molecule is Cc1cn(C)nc1C(F)(F)CC(=O)O. The van der Waals surface area contributed by atoms with Gasteiger partial charge < -0.3 is 5.11 Å². The van der Waals surface area contributed by atoms with Crippen molar-refractivity contribution in [1.29, 1.82) is 0 Å². The number of halogens is 2. The molecule has 0 spiro atoms. The number of carboxylic acids is 1. The van der Waals surface area contributed by atoms with Crippen molar-refractivity contribution in [1.82, 2.24) is 9.78 Å². The lowest BCUT2D eigenvalue weighted by Gasteiger charge is -2.11. The van der Waals surface area contributed by atoms with Gasteiger partial charge in [-0.1, -0.05) is 0 Å². The van der Waals surface area contributed by atoms with E-state index >= 15 is 0 Å². The first-order valence-corrected chi connectivity index (χ1v) is 3.93. The second-order valence-corrected chi connectivity index (χ2v) is 3.11. The Hall–Kier alpha value is -1.46. The number of rotatable bonds is 3. The Morgan fingerprint density at radius 3 is 2.64 bits per heavy atom. The molecule has 0 atom stereocenters. The normalized spacial score (nSPS) is 11.7. The maximum Gasteiger partial charge on any atom is 0.309 e. The fraction of sp³-hybridized carbons (Fsp3) is 0.500. The maximum atomic E-state index is 13.2. The van der Waals surface area contributed by atoms with Gasteiger partial charge in [0.1, 0.15) is 12.1 Å². The summed E-state index contributed by atoms with van der Waals surface area (Å²) in [6.45, 7) is 1.47. The monoisotopic (exact) mass is 204 g/mol. The number of hydrogen-bond acceptors (Lipinski definition) is 2. The molecule has 0 fully saturated rings. The summed E-state index contributed by atoms with van der Waals surface area (Å²) in [7, 11) is 1.51. The highest BCUT2D eigenvalue weighted by atomic mass is 19.3. The van der Waals surface area contributed by atoms with Crippen molar-refractivity contribution < 1.29 is 18.7 Å². The zero-order chi connectivity index (χ0) is 10.9. The molecule has 1 aromatic heterocycles. The van der Waals surface area contributed by atoms with E-state index in [1.807, 2.05) is 0 Å². The number of aliphatic carboxylic acids is 1. The van der Waals surface area contributed by atoms with Crippen molar-refractivity contribution in [2.45, 2.75) is 19.3 Å². The van der Waals surface area contributed by atoms with E-state index in [2.05, 4.69) is 5.10 Å². The molecular formula is C8H10F2N2O2. The molecule has 1 N–H and O–H groups in total. The van der Waals surface area contributed by atoms with E-state index in [4.69, 9.17) is 5.11 Å². The van der Waals surface area contributed by atoms with Crippen molar-refractivity contribution in [3.05, 3.63) is 17.5 Å². The highest BCUT2D eigenvalue weighted by Gasteiger charge is 2.38. The summed E-state index contributed by atoms with van der Waals surface area (Å²) in [6, 6.07) is 0. The Labute approximate surface area is 79.2 Å². The quantitative estimate of drug-likeness (QED) is 0.807. The molecule has 78 valence electrons. The van der Waals surface area contributed by atoms with Gasteiger partial charge in [0, 0.05) is 13.2 Å². The third-order valence-electron chi connectivity index (χ3n) is 1.73. The first-order chi connectivity index (χ1) is 6.33. The Bertz CT molecular complexity index is 360. The van der Waals surface area contributed by atoms with Gasteiger partial charge in [0.25, 0.3) is 0 Å². The minimum atomic E-state index is -3.41. The van der Waals surface area contributed by atoms with Crippen LogP contribution in [0, 0.1) is 6.92 Å². The van der Waals surface area contributed by atoms with Crippen LogP contribution in [-0.2, 0) is 17.8 Å². The lowest BCUT2D eigenvalue weighted by Crippen LogP contribution is -2.20. The molecule has 0 saturated heterocycles. The fourth-order valence-corrected chi connectivity index (χ4v) is 1.24. The van der Waals surface area contributed by atoms with Crippen LogP contribution in [0.3, 0.4) is 0 Å². The van der Waals surface area contributed by atoms with Crippen LogP contribution in [0.4, 0.5) is 8.78 Å². The Morgan fingerprint density at radius 2 is 2.29 bits per heavy atom. The highest BCUT2D eigenvalue weighted by Crippen LogP contribution is 2.32. The number of hydrogen-bond donors (Lipinski definition) is 1. The molecule has 0 aliphatic carbocycles. The third-order valence-corrected chi connectivity index (χ3v) is 1.73. The molecule has 0 aromatic carbocycles. The van der Waals surface area contributed by atoms with Crippen molar-refractivity contribution >= 4 is 5.97 Å². The van der Waals surface area contributed by atoms with Gasteiger partial charge in [-0.2, -0.15) is 13.9 Å². The van der Waals surface area contributed by atoms with Crippen LogP contribution >= 0.6 is 0 Å². The lowest BCUT2D eigenvalue weighted by molar-refractivity contribution is -0.145. The summed E-state index contributed by atoms with van der Waals surface area (Å²) in [5, 5.41) is 11.8. The van der Waals surface area contributed by atoms with Gasteiger partial charge in [0.15, 0.2) is 0 Å². The van der Waals surface area contributed by atoms with Crippen molar-refractivity contribution in [2.24, 2.45) is 7.05 Å². The van der Waals surface area contributed by atoms with E-state index in [0.29, 0.717) is 5.56 Å². The second kappa shape index (κ2) is 3.36. The molecule has 0 amide bonds. The van der Waals surface area contributed by atoms with E-state index in [1.54, 1.807) is 0 Å². The van der Waals surface area contributed by atoms with Crippen molar-refractivity contribution in [2.75, 3.05) is 0 Å². The third kappa shape index (κ3) is 2.07. The zero-order valence-corrected chi connectivity index (χ0v) is 7.79. The van der Waals surface area contributed by atoms with Crippen LogP contribution in [0.25, 0.3) is 0 Å². The van der Waals surface area contributed by atoms with Crippen molar-refractivity contribution in [3.63, 3.8) is 0 Å². The van der Waals surface area contributed by atoms with Gasteiger partial charge in [-0.15, -0.1) is 0 Å². The molecule has 4 nitrogen and oxygen atoms in total. The van der Waals surface area contributed by atoms with Gasteiger partial charge in [0.05, 0.1) is 0 Å². The van der Waals surface area contributed by atoms with Gasteiger partial charge in [-0.25, -0.2) is 0 Å². The van der Waals surface area contributed by atoms with Gasteiger partial charge in [-0.05, 0) is 12.5 Å². The number of carbonyl (C=O) groups is 1. The molecule has 6 heteroatoms. The molecular weight excluding hydrogens is 194 g/mol. The maximum absolute atomic E-state index is 13.2. The van der Waals surface area contributed by atoms with Gasteiger partial charge in [-0.3, -0.25) is 9.48 Å². The first kappa shape index (κ1) is 10.6. The number of nitrogens with zero attached hydrogens (tertiary/aromatic N) is 2. The highest BCUT2D eigenvalue weighted by molar-refractivity contribution is 5.68. The van der Waals surface area contributed by atoms with Crippen LogP contribution in [0.1, 0.15) is 17.7 Å². The molecule has 0 aliphatic heterocycles. The Kier molecular flexibility index (Phi) is 2.55. The summed E-state index contributed by atoms with van der Waals surface area (Å²) in [5.74, 6) is -4.95. The molecule has 14 heavy (non-hydrogen) atoms. The molecule has 0 unspecified atom stereocenters. The average Bonchev–Trinajstić information content (AvgIpc) is 2.27. The van der Waals surface area contributed by atoms with Crippen molar-refractivity contribution in [3.8, 4) is 0 Å². The molecule has 1 rings (SSSR count). The number of aryl methyl sites for hydroxylation is 2. The predicted molar refractivity (Wildman–Crippen MR) is 44.1 cm³/mol. The van der Waals surface area contributed by atoms with Crippen LogP contribution in [0.2, 0.25) is 0 Å². The van der Waals surface area contributed by atoms with Gasteiger partial charge >= 0.3 is 11.9 Å². The van der Waals surface area contributed by atoms with Crippen LogP contribution in [-0.4, -0.2) is 20.9 Å². The molecule has 0 radical (unpaired) electrons. The summed E-state index contributed by atoms with van der Waals surface area (Å²) in [5.41, 5.74) is -0.179. The fourth-order valence-electron chi connectivity index (χ4n) is 1.24. The summed E-state index contributed by atoms with van der Waals surface area (Å²) < 4.78 is 27.7. The Morgan fingerprint density at radius 1 is 1.71 bits per heavy atom. The number of alkyl halides is 2. The average molecular weight is 204 g/mol. The van der Waals surface area contributed by atoms with Crippen LogP contribution in [0.5, 0.6) is 0 Å². The summed E-state index contributed by atoms with van der Waals surface area (Å²) in [6.07, 6.45) is 0.190. The molecule has 0 saturated carbocycles. The zero-order valence-electron chi connectivity index (χ0n) is 7.79. The van der Waals surface area contributed by atoms with E-state index in [-0.39, 0.29) is 0 Å². The Balaban J connectivity index is 3.02. The van der Waals surface area contributed by atoms with Gasteiger partial charge in [0.2, 0.25) is 0 Å². The van der Waals surface area contributed by atoms with E-state index in [0.717, 1.165) is 0 Å². The second-order valence-electron chi connectivity index (χ2n) is 3.11. The topological polar surface area (TPSA) is 55.1 Å². The van der Waals surface area contributed by atoms with Crippen LogP contribution < -0.4 is 0 Å². The minimum Gasteiger partial charge on any atom is -0.481 e. The standard InChI is InChI=1S/C8H10F2N2O2/c1-5-4-12(2)11-7(5)8(9,10)3-6(13)14/h4H,3H2,1-2H3,(H,13,14). The number of aromatic nitrogens is 2. The number of carboxylic acid groups (broad SMARTS) is 1. The van der Waals surface area contributed by atoms with E-state index < -0.39 is 24.0 Å². The van der Waals surface area contributed by atoms with E-state index in [1.165, 1.54) is 24.9 Å². The van der Waals surface area contributed by atoms with Crippen LogP contribution in [0.15, 0.2) is 6.20 Å². The molecule has 0 aliphatic rings. The largest absolute Gasteiger partial charge is 0.481 e. The molecule has 1 heterocycles. The smallest absolute Gasteiger partial charge is 0.309 e. The first-order valence-electron chi connectivity index (χ1n) is 3.93. The summed E-state index contributed by atoms with van der Waals surface area (Å²) >= 11 is 0. The molecule has 0 bridgehead atoms. The lowest BCUT2D eigenvalue weighted by atomic mass is 10.1. The predicted octanol–water partition coefficient (Wildman–Crippen LogP) is 1.30.